The monoisotopic (exact) mass is 500 g/mol. The number of oxazole rings is 1. The summed E-state index contributed by atoms with van der Waals surface area (Å²) in [7, 11) is 1.33. The minimum Gasteiger partial charge on any atom is -0.494 e. The number of halogens is 3. The van der Waals surface area contributed by atoms with Crippen LogP contribution in [0.3, 0.4) is 0 Å². The van der Waals surface area contributed by atoms with E-state index in [4.69, 9.17) is 24.4 Å². The van der Waals surface area contributed by atoms with E-state index in [2.05, 4.69) is 15.3 Å². The molecular weight excluding hydrogens is 481 g/mol. The number of nitrogens with two attached hydrogens (primary N) is 1. The van der Waals surface area contributed by atoms with Gasteiger partial charge >= 0.3 is 6.18 Å². The number of amides is 1. The average Bonchev–Trinajstić information content (AvgIpc) is 3.52. The summed E-state index contributed by atoms with van der Waals surface area (Å²) in [6.07, 6.45) is -4.63. The molecule has 3 N–H and O–H groups in total. The van der Waals surface area contributed by atoms with Crippen molar-refractivity contribution in [2.24, 2.45) is 5.73 Å². The van der Waals surface area contributed by atoms with E-state index in [9.17, 15) is 18.0 Å². The Morgan fingerprint density at radius 2 is 1.92 bits per heavy atom. The summed E-state index contributed by atoms with van der Waals surface area (Å²) >= 11 is 0. The normalized spacial score (nSPS) is 12.7. The number of pyridine rings is 1. The summed E-state index contributed by atoms with van der Waals surface area (Å²) in [5, 5.41) is 3.06. The number of ether oxygens (including phenoxy) is 3. The standard InChI is InChI=1S/C24H19F3N4O5/c1-33-16-6-3-14(13-4-7-19(24(25,26)27)30-20(13)16)23-31-21(18(9-28)36-23)22(32)29-10-12-2-5-15-17(8-12)35-11-34-15/h2-8H,9-11,28H2,1H3,(H,29,32). The van der Waals surface area contributed by atoms with Crippen LogP contribution in [0.25, 0.3) is 22.4 Å². The maximum absolute atomic E-state index is 13.2. The van der Waals surface area contributed by atoms with Crippen molar-refractivity contribution < 1.29 is 36.6 Å². The molecule has 0 atom stereocenters. The molecule has 2 aromatic carbocycles. The van der Waals surface area contributed by atoms with Crippen LogP contribution >= 0.6 is 0 Å². The highest BCUT2D eigenvalue weighted by Crippen LogP contribution is 2.37. The van der Waals surface area contributed by atoms with Gasteiger partial charge in [-0.15, -0.1) is 0 Å². The van der Waals surface area contributed by atoms with Gasteiger partial charge in [-0.1, -0.05) is 6.07 Å². The maximum atomic E-state index is 13.2. The van der Waals surface area contributed by atoms with Crippen LogP contribution in [0.1, 0.15) is 27.5 Å². The fourth-order valence-corrected chi connectivity index (χ4v) is 3.80. The Kier molecular flexibility index (Phi) is 5.88. The molecule has 12 heteroatoms. The lowest BCUT2D eigenvalue weighted by atomic mass is 10.1. The van der Waals surface area contributed by atoms with Crippen LogP contribution < -0.4 is 25.3 Å². The highest BCUT2D eigenvalue weighted by atomic mass is 19.4. The number of carbonyl (C=O) groups excluding carboxylic acids is 1. The molecule has 9 nitrogen and oxygen atoms in total. The summed E-state index contributed by atoms with van der Waals surface area (Å²) in [6.45, 7) is 0.196. The summed E-state index contributed by atoms with van der Waals surface area (Å²) in [4.78, 5) is 20.9. The van der Waals surface area contributed by atoms with E-state index in [1.807, 2.05) is 0 Å². The third-order valence-corrected chi connectivity index (χ3v) is 5.55. The lowest BCUT2D eigenvalue weighted by Crippen LogP contribution is -2.24. The van der Waals surface area contributed by atoms with Crippen LogP contribution in [-0.4, -0.2) is 29.8 Å². The van der Waals surface area contributed by atoms with Gasteiger partial charge in [0.1, 0.15) is 17.0 Å². The third-order valence-electron chi connectivity index (χ3n) is 5.55. The molecule has 0 saturated carbocycles. The first-order valence-electron chi connectivity index (χ1n) is 10.7. The smallest absolute Gasteiger partial charge is 0.433 e. The highest BCUT2D eigenvalue weighted by Gasteiger charge is 2.33. The predicted octanol–water partition coefficient (Wildman–Crippen LogP) is 4.03. The Morgan fingerprint density at radius 1 is 1.11 bits per heavy atom. The molecule has 5 rings (SSSR count). The molecule has 1 aliphatic heterocycles. The van der Waals surface area contributed by atoms with Crippen LogP contribution in [0.2, 0.25) is 0 Å². The minimum atomic E-state index is -4.63. The Hall–Kier alpha value is -4.32. The van der Waals surface area contributed by atoms with Gasteiger partial charge in [-0.2, -0.15) is 13.2 Å². The van der Waals surface area contributed by atoms with Crippen LogP contribution in [0.15, 0.2) is 46.9 Å². The number of hydrogen-bond acceptors (Lipinski definition) is 8. The number of alkyl halides is 3. The Labute approximate surface area is 202 Å². The molecular formula is C24H19F3N4O5. The molecule has 0 spiro atoms. The van der Waals surface area contributed by atoms with Gasteiger partial charge in [0.15, 0.2) is 23.0 Å². The van der Waals surface area contributed by atoms with Gasteiger partial charge in [0, 0.05) is 17.5 Å². The predicted molar refractivity (Wildman–Crippen MR) is 120 cm³/mol. The van der Waals surface area contributed by atoms with Gasteiger partial charge in [-0.3, -0.25) is 4.79 Å². The zero-order valence-corrected chi connectivity index (χ0v) is 18.8. The van der Waals surface area contributed by atoms with E-state index in [1.165, 1.54) is 19.2 Å². The second-order valence-corrected chi connectivity index (χ2v) is 7.77. The number of rotatable bonds is 6. The molecule has 0 unspecified atom stereocenters. The van der Waals surface area contributed by atoms with Gasteiger partial charge < -0.3 is 29.7 Å². The summed E-state index contributed by atoms with van der Waals surface area (Å²) in [6, 6.07) is 10.4. The topological polar surface area (TPSA) is 122 Å². The summed E-state index contributed by atoms with van der Waals surface area (Å²) in [5.41, 5.74) is 5.76. The Morgan fingerprint density at radius 3 is 2.67 bits per heavy atom. The van der Waals surface area contributed by atoms with Crippen molar-refractivity contribution in [2.45, 2.75) is 19.3 Å². The first-order valence-corrected chi connectivity index (χ1v) is 10.7. The van der Waals surface area contributed by atoms with E-state index < -0.39 is 17.8 Å². The van der Waals surface area contributed by atoms with Gasteiger partial charge in [0.25, 0.3) is 5.91 Å². The molecule has 1 aliphatic rings. The maximum Gasteiger partial charge on any atom is 0.433 e. The second-order valence-electron chi connectivity index (χ2n) is 7.77. The fraction of sp³-hybridized carbons (Fsp3) is 0.208. The quantitative estimate of drug-likeness (QED) is 0.407. The molecule has 36 heavy (non-hydrogen) atoms. The molecule has 2 aromatic heterocycles. The second kappa shape index (κ2) is 9.04. The van der Waals surface area contributed by atoms with Gasteiger partial charge in [0.05, 0.1) is 13.7 Å². The lowest BCUT2D eigenvalue weighted by Gasteiger charge is -2.11. The SMILES string of the molecule is COc1ccc(-c2nc(C(=O)NCc3ccc4c(c3)OCO4)c(CN)o2)c2ccc(C(F)(F)F)nc12. The zero-order valence-electron chi connectivity index (χ0n) is 18.8. The van der Waals surface area contributed by atoms with E-state index >= 15 is 0 Å². The number of fused-ring (bicyclic) bond motifs is 2. The molecule has 0 aliphatic carbocycles. The average molecular weight is 500 g/mol. The van der Waals surface area contributed by atoms with Crippen molar-refractivity contribution in [3.63, 3.8) is 0 Å². The third kappa shape index (κ3) is 4.26. The van der Waals surface area contributed by atoms with Crippen molar-refractivity contribution >= 4 is 16.8 Å². The van der Waals surface area contributed by atoms with Crippen molar-refractivity contribution in [1.82, 2.24) is 15.3 Å². The van der Waals surface area contributed by atoms with E-state index in [-0.39, 0.29) is 48.5 Å². The van der Waals surface area contributed by atoms with Crippen LogP contribution in [0, 0.1) is 0 Å². The molecule has 186 valence electrons. The fourth-order valence-electron chi connectivity index (χ4n) is 3.80. The van der Waals surface area contributed by atoms with Gasteiger partial charge in [0.2, 0.25) is 12.7 Å². The Balaban J connectivity index is 1.46. The summed E-state index contributed by atoms with van der Waals surface area (Å²) in [5.74, 6) is 0.961. The van der Waals surface area contributed by atoms with Crippen LogP contribution in [0.4, 0.5) is 13.2 Å². The first kappa shape index (κ1) is 23.4. The molecule has 3 heterocycles. The van der Waals surface area contributed by atoms with Crippen LogP contribution in [0.5, 0.6) is 17.2 Å². The minimum absolute atomic E-state index is 0.0119. The molecule has 1 amide bonds. The largest absolute Gasteiger partial charge is 0.494 e. The van der Waals surface area contributed by atoms with Gasteiger partial charge in [-0.05, 0) is 42.0 Å². The number of aromatic nitrogens is 2. The Bertz CT molecular complexity index is 1470. The number of nitrogens with zero attached hydrogens (tertiary/aromatic N) is 2. The zero-order chi connectivity index (χ0) is 25.4. The molecule has 0 radical (unpaired) electrons. The number of benzene rings is 2. The first-order chi connectivity index (χ1) is 17.3. The van der Waals surface area contributed by atoms with Crippen molar-refractivity contribution in [2.75, 3.05) is 13.9 Å². The van der Waals surface area contributed by atoms with Crippen molar-refractivity contribution in [3.05, 3.63) is 65.2 Å². The van der Waals surface area contributed by atoms with E-state index in [0.717, 1.165) is 11.6 Å². The highest BCUT2D eigenvalue weighted by molar-refractivity contribution is 5.98. The van der Waals surface area contributed by atoms with Crippen molar-refractivity contribution in [3.8, 4) is 28.7 Å². The lowest BCUT2D eigenvalue weighted by molar-refractivity contribution is -0.140. The molecule has 0 bridgehead atoms. The van der Waals surface area contributed by atoms with E-state index in [1.54, 1.807) is 24.3 Å². The number of nitrogens with one attached hydrogen (secondary N) is 1. The molecule has 4 aromatic rings. The van der Waals surface area contributed by atoms with E-state index in [0.29, 0.717) is 22.4 Å². The number of hydrogen-bond donors (Lipinski definition) is 2. The molecule has 0 saturated heterocycles. The van der Waals surface area contributed by atoms with Crippen molar-refractivity contribution in [1.29, 1.82) is 0 Å². The van der Waals surface area contributed by atoms with Gasteiger partial charge in [-0.25, -0.2) is 9.97 Å². The van der Waals surface area contributed by atoms with Crippen LogP contribution in [-0.2, 0) is 19.3 Å². The summed E-state index contributed by atoms with van der Waals surface area (Å²) < 4.78 is 61.2. The number of methoxy groups -OCH3 is 1. The molecule has 0 fully saturated rings. The number of carbonyl (C=O) groups is 1.